The number of methoxy groups -OCH3 is 1. The minimum absolute atomic E-state index is 0.107. The number of pyridine rings is 1. The molecule has 2 heterocycles. The van der Waals surface area contributed by atoms with Crippen molar-refractivity contribution in [2.24, 2.45) is 0 Å². The number of aromatic nitrogens is 1. The molecule has 1 amide bonds. The molecule has 0 bridgehead atoms. The van der Waals surface area contributed by atoms with Crippen molar-refractivity contribution in [2.45, 2.75) is 12.5 Å². The summed E-state index contributed by atoms with van der Waals surface area (Å²) in [4.78, 5) is 28.0. The average molecular weight is 206 g/mol. The minimum Gasteiger partial charge on any atom is -0.467 e. The lowest BCUT2D eigenvalue weighted by atomic mass is 10.0. The van der Waals surface area contributed by atoms with Crippen LogP contribution in [0.2, 0.25) is 0 Å². The predicted octanol–water partition coefficient (Wildman–Crippen LogP) is 0.360. The quantitative estimate of drug-likeness (QED) is 0.517. The summed E-state index contributed by atoms with van der Waals surface area (Å²) in [5, 5.41) is 0. The monoisotopic (exact) mass is 206 g/mol. The van der Waals surface area contributed by atoms with E-state index in [1.807, 2.05) is 0 Å². The molecule has 0 spiro atoms. The van der Waals surface area contributed by atoms with Gasteiger partial charge < -0.3 is 4.74 Å². The number of β-lactam (4-membered cyclic amide) rings is 1. The Morgan fingerprint density at radius 2 is 2.40 bits per heavy atom. The lowest BCUT2D eigenvalue weighted by Gasteiger charge is -2.37. The van der Waals surface area contributed by atoms with Crippen LogP contribution in [0.15, 0.2) is 24.4 Å². The maximum atomic E-state index is 11.3. The van der Waals surface area contributed by atoms with Crippen molar-refractivity contribution >= 4 is 17.7 Å². The van der Waals surface area contributed by atoms with Gasteiger partial charge in [-0.05, 0) is 12.1 Å². The Kier molecular flexibility index (Phi) is 2.37. The molecule has 1 aromatic heterocycles. The SMILES string of the molecule is COC(=O)[C@@H]1CC(=O)N1c1ccccn1. The van der Waals surface area contributed by atoms with Gasteiger partial charge in [0, 0.05) is 6.20 Å². The molecule has 78 valence electrons. The largest absolute Gasteiger partial charge is 0.467 e. The molecule has 1 aliphatic heterocycles. The van der Waals surface area contributed by atoms with Gasteiger partial charge in [0.1, 0.15) is 11.9 Å². The highest BCUT2D eigenvalue weighted by Crippen LogP contribution is 2.26. The van der Waals surface area contributed by atoms with Crippen LogP contribution in [0.4, 0.5) is 5.82 Å². The number of nitrogens with zero attached hydrogens (tertiary/aromatic N) is 2. The first kappa shape index (κ1) is 9.64. The van der Waals surface area contributed by atoms with Gasteiger partial charge in [-0.25, -0.2) is 9.78 Å². The average Bonchev–Trinajstić information content (AvgIpc) is 2.26. The number of carbonyl (C=O) groups is 2. The number of carbonyl (C=O) groups excluding carboxylic acids is 2. The van der Waals surface area contributed by atoms with E-state index in [-0.39, 0.29) is 12.3 Å². The topological polar surface area (TPSA) is 59.5 Å². The van der Waals surface area contributed by atoms with E-state index in [2.05, 4.69) is 9.72 Å². The Morgan fingerprint density at radius 1 is 1.60 bits per heavy atom. The third-order valence-corrected chi connectivity index (χ3v) is 2.32. The molecule has 1 atom stereocenters. The zero-order valence-electron chi connectivity index (χ0n) is 8.21. The summed E-state index contributed by atoms with van der Waals surface area (Å²) in [6.45, 7) is 0. The van der Waals surface area contributed by atoms with E-state index < -0.39 is 12.0 Å². The third kappa shape index (κ3) is 1.56. The molecular formula is C10H10N2O3. The van der Waals surface area contributed by atoms with Crippen molar-refractivity contribution in [1.82, 2.24) is 4.98 Å². The van der Waals surface area contributed by atoms with Gasteiger partial charge in [-0.3, -0.25) is 9.69 Å². The van der Waals surface area contributed by atoms with Crippen molar-refractivity contribution < 1.29 is 14.3 Å². The van der Waals surface area contributed by atoms with Crippen LogP contribution in [0.1, 0.15) is 6.42 Å². The van der Waals surface area contributed by atoms with Gasteiger partial charge in [0.25, 0.3) is 0 Å². The van der Waals surface area contributed by atoms with E-state index >= 15 is 0 Å². The van der Waals surface area contributed by atoms with Crippen molar-refractivity contribution in [3.8, 4) is 0 Å². The van der Waals surface area contributed by atoms with Gasteiger partial charge in [-0.15, -0.1) is 0 Å². The third-order valence-electron chi connectivity index (χ3n) is 2.32. The second kappa shape index (κ2) is 3.68. The maximum Gasteiger partial charge on any atom is 0.329 e. The zero-order valence-corrected chi connectivity index (χ0v) is 8.21. The summed E-state index contributed by atoms with van der Waals surface area (Å²) < 4.78 is 4.59. The Labute approximate surface area is 86.7 Å². The van der Waals surface area contributed by atoms with Gasteiger partial charge in [0.15, 0.2) is 0 Å². The van der Waals surface area contributed by atoms with Crippen molar-refractivity contribution in [2.75, 3.05) is 12.0 Å². The molecule has 0 aromatic carbocycles. The number of esters is 1. The van der Waals surface area contributed by atoms with Crippen LogP contribution in [0.5, 0.6) is 0 Å². The molecule has 15 heavy (non-hydrogen) atoms. The second-order valence-corrected chi connectivity index (χ2v) is 3.19. The van der Waals surface area contributed by atoms with E-state index in [1.54, 1.807) is 24.4 Å². The molecule has 0 radical (unpaired) electrons. The number of hydrogen-bond acceptors (Lipinski definition) is 4. The highest BCUT2D eigenvalue weighted by atomic mass is 16.5. The van der Waals surface area contributed by atoms with Gasteiger partial charge in [0.2, 0.25) is 5.91 Å². The molecule has 1 saturated heterocycles. The number of ether oxygens (including phenoxy) is 1. The van der Waals surface area contributed by atoms with E-state index in [9.17, 15) is 9.59 Å². The molecular weight excluding hydrogens is 196 g/mol. The van der Waals surface area contributed by atoms with Crippen LogP contribution in [0.3, 0.4) is 0 Å². The first-order valence-electron chi connectivity index (χ1n) is 4.55. The molecule has 1 fully saturated rings. The lowest BCUT2D eigenvalue weighted by molar-refractivity contribution is -0.148. The van der Waals surface area contributed by atoms with E-state index in [0.29, 0.717) is 5.82 Å². The number of amides is 1. The standard InChI is InChI=1S/C10H10N2O3/c1-15-10(14)7-6-9(13)12(7)8-4-2-3-5-11-8/h2-5,7H,6H2,1H3/t7-/m0/s1. The fraction of sp³-hybridized carbons (Fsp3) is 0.300. The van der Waals surface area contributed by atoms with E-state index in [0.717, 1.165) is 0 Å². The molecule has 5 nitrogen and oxygen atoms in total. The minimum atomic E-state index is -0.516. The van der Waals surface area contributed by atoms with Crippen LogP contribution < -0.4 is 4.90 Å². The van der Waals surface area contributed by atoms with Gasteiger partial charge in [-0.2, -0.15) is 0 Å². The van der Waals surface area contributed by atoms with E-state index in [1.165, 1.54) is 12.0 Å². The smallest absolute Gasteiger partial charge is 0.329 e. The molecule has 0 unspecified atom stereocenters. The van der Waals surface area contributed by atoms with Gasteiger partial charge >= 0.3 is 5.97 Å². The first-order chi connectivity index (χ1) is 7.24. The van der Waals surface area contributed by atoms with Crippen LogP contribution in [0.25, 0.3) is 0 Å². The number of hydrogen-bond donors (Lipinski definition) is 0. The number of rotatable bonds is 2. The van der Waals surface area contributed by atoms with Crippen LogP contribution in [0, 0.1) is 0 Å². The molecule has 0 N–H and O–H groups in total. The summed E-state index contributed by atoms with van der Waals surface area (Å²) in [6.07, 6.45) is 1.78. The predicted molar refractivity (Wildman–Crippen MR) is 52.1 cm³/mol. The molecule has 0 aliphatic carbocycles. The molecule has 1 aromatic rings. The van der Waals surface area contributed by atoms with Crippen molar-refractivity contribution in [3.63, 3.8) is 0 Å². The molecule has 2 rings (SSSR count). The van der Waals surface area contributed by atoms with Gasteiger partial charge in [-0.1, -0.05) is 6.07 Å². The zero-order chi connectivity index (χ0) is 10.8. The van der Waals surface area contributed by atoms with E-state index in [4.69, 9.17) is 0 Å². The van der Waals surface area contributed by atoms with Crippen LogP contribution in [-0.2, 0) is 14.3 Å². The number of anilines is 1. The summed E-state index contributed by atoms with van der Waals surface area (Å²) >= 11 is 0. The Hall–Kier alpha value is -1.91. The van der Waals surface area contributed by atoms with Crippen LogP contribution >= 0.6 is 0 Å². The highest BCUT2D eigenvalue weighted by molar-refractivity contribution is 6.08. The molecule has 1 aliphatic rings. The summed E-state index contributed by atoms with van der Waals surface area (Å²) in [6, 6.07) is 4.69. The Balaban J connectivity index is 2.21. The highest BCUT2D eigenvalue weighted by Gasteiger charge is 2.43. The van der Waals surface area contributed by atoms with Gasteiger partial charge in [0.05, 0.1) is 13.5 Å². The lowest BCUT2D eigenvalue weighted by Crippen LogP contribution is -2.57. The molecule has 5 heteroatoms. The first-order valence-corrected chi connectivity index (χ1v) is 4.55. The van der Waals surface area contributed by atoms with Crippen molar-refractivity contribution in [3.05, 3.63) is 24.4 Å². The Bertz CT molecular complexity index is 391. The summed E-state index contributed by atoms with van der Waals surface area (Å²) in [7, 11) is 1.31. The summed E-state index contributed by atoms with van der Waals surface area (Å²) in [5.41, 5.74) is 0. The normalized spacial score (nSPS) is 19.7. The molecule has 0 saturated carbocycles. The van der Waals surface area contributed by atoms with Crippen LogP contribution in [-0.4, -0.2) is 30.0 Å². The Morgan fingerprint density at radius 3 is 2.93 bits per heavy atom. The summed E-state index contributed by atoms with van der Waals surface area (Å²) in [5.74, 6) is -0.0199. The van der Waals surface area contributed by atoms with Crippen molar-refractivity contribution in [1.29, 1.82) is 0 Å². The fourth-order valence-electron chi connectivity index (χ4n) is 1.52. The second-order valence-electron chi connectivity index (χ2n) is 3.19. The maximum absolute atomic E-state index is 11.3. The fourth-order valence-corrected chi connectivity index (χ4v) is 1.52.